The fourth-order valence-electron chi connectivity index (χ4n) is 4.30. The Morgan fingerprint density at radius 2 is 1.73 bits per heavy atom. The molecule has 0 aliphatic heterocycles. The summed E-state index contributed by atoms with van der Waals surface area (Å²) in [7, 11) is 0. The van der Waals surface area contributed by atoms with Crippen molar-refractivity contribution in [3.8, 4) is 0 Å². The van der Waals surface area contributed by atoms with E-state index >= 15 is 0 Å². The van der Waals surface area contributed by atoms with Gasteiger partial charge in [0.25, 0.3) is 0 Å². The van der Waals surface area contributed by atoms with Gasteiger partial charge in [0.15, 0.2) is 11.9 Å². The number of carbonyl (C=O) groups is 2. The largest absolute Gasteiger partial charge is 0.479 e. The SMILES string of the molecule is CSc1ccc2c(C(=O)c3ccc(C)cc3)c(C)n(Cc3ccc(C=CCO[C@H](C)C(=O)O)cc3)c2c1. The van der Waals surface area contributed by atoms with Crippen molar-refractivity contribution in [3.05, 3.63) is 106 Å². The molecule has 0 aliphatic carbocycles. The topological polar surface area (TPSA) is 68.5 Å². The van der Waals surface area contributed by atoms with E-state index in [9.17, 15) is 9.59 Å². The molecule has 0 aliphatic rings. The van der Waals surface area contributed by atoms with Crippen LogP contribution in [0.2, 0.25) is 0 Å². The number of carbonyl (C=O) groups excluding carboxylic acids is 1. The van der Waals surface area contributed by atoms with Crippen LogP contribution in [0.5, 0.6) is 0 Å². The summed E-state index contributed by atoms with van der Waals surface area (Å²) in [4.78, 5) is 25.6. The van der Waals surface area contributed by atoms with Crippen molar-refractivity contribution in [1.82, 2.24) is 4.57 Å². The average molecular weight is 514 g/mol. The minimum absolute atomic E-state index is 0.0399. The maximum atomic E-state index is 13.6. The summed E-state index contributed by atoms with van der Waals surface area (Å²) >= 11 is 1.69. The minimum atomic E-state index is -0.973. The molecule has 1 aromatic heterocycles. The summed E-state index contributed by atoms with van der Waals surface area (Å²) in [6, 6.07) is 22.2. The fraction of sp³-hybridized carbons (Fsp3) is 0.226. The highest BCUT2D eigenvalue weighted by Crippen LogP contribution is 2.32. The zero-order valence-corrected chi connectivity index (χ0v) is 22.3. The number of nitrogens with zero attached hydrogens (tertiary/aromatic N) is 1. The Morgan fingerprint density at radius 1 is 1.03 bits per heavy atom. The maximum absolute atomic E-state index is 13.6. The van der Waals surface area contributed by atoms with Gasteiger partial charge in [-0.15, -0.1) is 11.8 Å². The molecular weight excluding hydrogens is 482 g/mol. The van der Waals surface area contributed by atoms with Gasteiger partial charge in [0.05, 0.1) is 17.7 Å². The first-order valence-electron chi connectivity index (χ1n) is 12.2. The highest BCUT2D eigenvalue weighted by Gasteiger charge is 2.21. The van der Waals surface area contributed by atoms with Crippen LogP contribution in [0.15, 0.2) is 77.7 Å². The van der Waals surface area contributed by atoms with Crippen molar-refractivity contribution in [3.63, 3.8) is 0 Å². The Morgan fingerprint density at radius 3 is 2.38 bits per heavy atom. The molecule has 4 aromatic rings. The third-order valence-corrected chi connectivity index (χ3v) is 7.22. The lowest BCUT2D eigenvalue weighted by molar-refractivity contribution is -0.148. The second-order valence-corrected chi connectivity index (χ2v) is 9.96. The fourth-order valence-corrected chi connectivity index (χ4v) is 4.73. The number of thioether (sulfide) groups is 1. The molecule has 0 fully saturated rings. The van der Waals surface area contributed by atoms with E-state index in [1.165, 1.54) is 6.92 Å². The van der Waals surface area contributed by atoms with Gasteiger partial charge in [0.1, 0.15) is 0 Å². The quantitative estimate of drug-likeness (QED) is 0.187. The summed E-state index contributed by atoms with van der Waals surface area (Å²) in [5.74, 6) is -0.933. The van der Waals surface area contributed by atoms with E-state index in [2.05, 4.69) is 41.2 Å². The third-order valence-electron chi connectivity index (χ3n) is 6.49. The van der Waals surface area contributed by atoms with Crippen LogP contribution in [-0.2, 0) is 16.1 Å². The summed E-state index contributed by atoms with van der Waals surface area (Å²) < 4.78 is 7.47. The third kappa shape index (κ3) is 6.04. The van der Waals surface area contributed by atoms with Gasteiger partial charge in [-0.2, -0.15) is 0 Å². The molecule has 0 saturated heterocycles. The first-order valence-corrected chi connectivity index (χ1v) is 13.4. The first kappa shape index (κ1) is 26.5. The molecule has 0 unspecified atom stereocenters. The van der Waals surface area contributed by atoms with Gasteiger partial charge in [0, 0.05) is 28.1 Å². The molecule has 0 radical (unpaired) electrons. The van der Waals surface area contributed by atoms with Crippen LogP contribution < -0.4 is 0 Å². The molecule has 190 valence electrons. The maximum Gasteiger partial charge on any atom is 0.332 e. The molecule has 0 saturated carbocycles. The Kier molecular flexibility index (Phi) is 8.31. The molecule has 0 amide bonds. The molecule has 1 N–H and O–H groups in total. The van der Waals surface area contributed by atoms with Crippen molar-refractivity contribution >= 4 is 40.5 Å². The Balaban J connectivity index is 1.61. The van der Waals surface area contributed by atoms with E-state index in [0.29, 0.717) is 12.1 Å². The normalized spacial score (nSPS) is 12.3. The van der Waals surface area contributed by atoms with Crippen LogP contribution in [0, 0.1) is 13.8 Å². The molecule has 5 nitrogen and oxygen atoms in total. The molecular formula is C31H31NO4S. The van der Waals surface area contributed by atoms with E-state index < -0.39 is 12.1 Å². The van der Waals surface area contributed by atoms with Crippen LogP contribution in [0.1, 0.15) is 45.2 Å². The smallest absolute Gasteiger partial charge is 0.332 e. The lowest BCUT2D eigenvalue weighted by Crippen LogP contribution is -2.19. The molecule has 37 heavy (non-hydrogen) atoms. The van der Waals surface area contributed by atoms with Gasteiger partial charge in [0.2, 0.25) is 0 Å². The van der Waals surface area contributed by atoms with Gasteiger partial charge in [-0.3, -0.25) is 4.79 Å². The molecule has 6 heteroatoms. The number of hydrogen-bond donors (Lipinski definition) is 1. The van der Waals surface area contributed by atoms with Crippen LogP contribution in [0.25, 0.3) is 17.0 Å². The number of benzene rings is 3. The first-order chi connectivity index (χ1) is 17.8. The second kappa shape index (κ2) is 11.6. The van der Waals surface area contributed by atoms with Gasteiger partial charge >= 0.3 is 5.97 Å². The van der Waals surface area contributed by atoms with Crippen LogP contribution >= 0.6 is 11.8 Å². The zero-order chi connectivity index (χ0) is 26.5. The monoisotopic (exact) mass is 513 g/mol. The van der Waals surface area contributed by atoms with Crippen molar-refractivity contribution < 1.29 is 19.4 Å². The van der Waals surface area contributed by atoms with Gasteiger partial charge in [-0.05, 0) is 50.3 Å². The molecule has 0 bridgehead atoms. The number of aromatic nitrogens is 1. The minimum Gasteiger partial charge on any atom is -0.479 e. The highest BCUT2D eigenvalue weighted by molar-refractivity contribution is 7.98. The molecule has 3 aromatic carbocycles. The van der Waals surface area contributed by atoms with Crippen LogP contribution in [-0.4, -0.2) is 40.4 Å². The van der Waals surface area contributed by atoms with E-state index in [-0.39, 0.29) is 12.4 Å². The zero-order valence-electron chi connectivity index (χ0n) is 21.5. The summed E-state index contributed by atoms with van der Waals surface area (Å²) in [6.07, 6.45) is 4.95. The van der Waals surface area contributed by atoms with Gasteiger partial charge < -0.3 is 14.4 Å². The summed E-state index contributed by atoms with van der Waals surface area (Å²) in [5, 5.41) is 9.86. The predicted octanol–water partition coefficient (Wildman–Crippen LogP) is 6.76. The average Bonchev–Trinajstić information content (AvgIpc) is 3.17. The summed E-state index contributed by atoms with van der Waals surface area (Å²) in [5.41, 5.74) is 6.70. The van der Waals surface area contributed by atoms with E-state index in [1.54, 1.807) is 11.8 Å². The number of aryl methyl sites for hydroxylation is 1. The lowest BCUT2D eigenvalue weighted by Gasteiger charge is -2.10. The number of aliphatic carboxylic acids is 1. The van der Waals surface area contributed by atoms with E-state index in [0.717, 1.165) is 43.7 Å². The van der Waals surface area contributed by atoms with E-state index in [4.69, 9.17) is 9.84 Å². The molecule has 0 spiro atoms. The Labute approximate surface area is 221 Å². The van der Waals surface area contributed by atoms with Gasteiger partial charge in [-0.25, -0.2) is 4.79 Å². The van der Waals surface area contributed by atoms with Crippen molar-refractivity contribution in [2.24, 2.45) is 0 Å². The van der Waals surface area contributed by atoms with Crippen molar-refractivity contribution in [1.29, 1.82) is 0 Å². The number of fused-ring (bicyclic) bond motifs is 1. The molecule has 4 rings (SSSR count). The number of rotatable bonds is 10. The number of ketones is 1. The number of hydrogen-bond acceptors (Lipinski definition) is 4. The number of ether oxygens (including phenoxy) is 1. The predicted molar refractivity (Wildman–Crippen MR) is 151 cm³/mol. The van der Waals surface area contributed by atoms with Crippen LogP contribution in [0.3, 0.4) is 0 Å². The Bertz CT molecular complexity index is 1450. The van der Waals surface area contributed by atoms with E-state index in [1.807, 2.05) is 62.4 Å². The molecule has 1 heterocycles. The van der Waals surface area contributed by atoms with Crippen molar-refractivity contribution in [2.75, 3.05) is 12.9 Å². The number of carboxylic acid groups (broad SMARTS) is 1. The lowest BCUT2D eigenvalue weighted by atomic mass is 10.00. The Hall–Kier alpha value is -3.61. The molecule has 1 atom stereocenters. The van der Waals surface area contributed by atoms with Gasteiger partial charge in [-0.1, -0.05) is 72.3 Å². The number of carboxylic acids is 1. The summed E-state index contributed by atoms with van der Waals surface area (Å²) in [6.45, 7) is 6.43. The van der Waals surface area contributed by atoms with Crippen LogP contribution in [0.4, 0.5) is 0 Å². The van der Waals surface area contributed by atoms with Crippen molar-refractivity contribution in [2.45, 2.75) is 38.3 Å². The standard InChI is InChI=1S/C31H31NO4S/c1-20-7-13-25(14-8-20)30(33)29-21(2)32(28-18-26(37-4)15-16-27(28)29)19-24-11-9-23(10-12-24)6-5-17-36-22(3)31(34)35/h5-16,18,22H,17,19H2,1-4H3,(H,34,35)/t22-/m1/s1. The highest BCUT2D eigenvalue weighted by atomic mass is 32.2. The second-order valence-electron chi connectivity index (χ2n) is 9.08.